The van der Waals surface area contributed by atoms with Gasteiger partial charge in [-0.05, 0) is 48.7 Å². The molecule has 0 radical (unpaired) electrons. The number of rotatable bonds is 3. The van der Waals surface area contributed by atoms with Crippen LogP contribution in [0.3, 0.4) is 0 Å². The molecule has 0 unspecified atom stereocenters. The summed E-state index contributed by atoms with van der Waals surface area (Å²) in [5.41, 5.74) is 3.26. The molecule has 88 valence electrons. The molecule has 0 saturated carbocycles. The van der Waals surface area contributed by atoms with E-state index in [0.29, 0.717) is 12.4 Å². The molecule has 0 aliphatic rings. The lowest BCUT2D eigenvalue weighted by Crippen LogP contribution is -1.98. The number of para-hydroxylation sites is 1. The van der Waals surface area contributed by atoms with Crippen molar-refractivity contribution >= 4 is 0 Å². The first kappa shape index (κ1) is 11.5. The molecule has 0 aliphatic carbocycles. The molecule has 2 rings (SSSR count). The number of aromatic hydroxyl groups is 1. The molecule has 0 amide bonds. The van der Waals surface area contributed by atoms with E-state index >= 15 is 0 Å². The highest BCUT2D eigenvalue weighted by molar-refractivity contribution is 5.35. The minimum absolute atomic E-state index is 0.294. The van der Waals surface area contributed by atoms with E-state index < -0.39 is 0 Å². The number of hydrogen-bond acceptors (Lipinski definition) is 2. The molecule has 17 heavy (non-hydrogen) atoms. The van der Waals surface area contributed by atoms with Gasteiger partial charge in [-0.15, -0.1) is 0 Å². The van der Waals surface area contributed by atoms with Gasteiger partial charge in [0.05, 0.1) is 0 Å². The molecule has 0 heterocycles. The summed E-state index contributed by atoms with van der Waals surface area (Å²) in [6.07, 6.45) is 0. The van der Waals surface area contributed by atoms with E-state index in [1.807, 2.05) is 44.2 Å². The van der Waals surface area contributed by atoms with E-state index in [2.05, 4.69) is 0 Å². The Bertz CT molecular complexity index is 518. The molecule has 2 aromatic carbocycles. The topological polar surface area (TPSA) is 29.5 Å². The second-order valence-electron chi connectivity index (χ2n) is 4.16. The van der Waals surface area contributed by atoms with Gasteiger partial charge >= 0.3 is 0 Å². The van der Waals surface area contributed by atoms with Gasteiger partial charge in [-0.25, -0.2) is 0 Å². The first-order chi connectivity index (χ1) is 8.16. The van der Waals surface area contributed by atoms with E-state index in [4.69, 9.17) is 4.74 Å². The first-order valence-corrected chi connectivity index (χ1v) is 5.64. The van der Waals surface area contributed by atoms with Gasteiger partial charge < -0.3 is 9.84 Å². The highest BCUT2D eigenvalue weighted by Gasteiger charge is 2.02. The molecule has 1 N–H and O–H groups in total. The van der Waals surface area contributed by atoms with Crippen LogP contribution in [0.5, 0.6) is 11.5 Å². The van der Waals surface area contributed by atoms with Gasteiger partial charge in [-0.3, -0.25) is 0 Å². The van der Waals surface area contributed by atoms with Gasteiger partial charge in [-0.2, -0.15) is 0 Å². The summed E-state index contributed by atoms with van der Waals surface area (Å²) < 4.78 is 5.76. The smallest absolute Gasteiger partial charge is 0.122 e. The average molecular weight is 228 g/mol. The zero-order valence-electron chi connectivity index (χ0n) is 10.1. The molecular formula is C15H16O2. The lowest BCUT2D eigenvalue weighted by molar-refractivity contribution is 0.303. The fraction of sp³-hybridized carbons (Fsp3) is 0.200. The Morgan fingerprint density at radius 3 is 2.47 bits per heavy atom. The summed E-state index contributed by atoms with van der Waals surface area (Å²) in [6.45, 7) is 4.52. The summed E-state index contributed by atoms with van der Waals surface area (Å²) in [7, 11) is 0. The van der Waals surface area contributed by atoms with Crippen molar-refractivity contribution in [2.24, 2.45) is 0 Å². The summed E-state index contributed by atoms with van der Waals surface area (Å²) in [5.74, 6) is 1.20. The minimum Gasteiger partial charge on any atom is -0.508 e. The third kappa shape index (κ3) is 2.78. The maximum atomic E-state index is 9.33. The van der Waals surface area contributed by atoms with E-state index in [1.54, 1.807) is 12.1 Å². The largest absolute Gasteiger partial charge is 0.508 e. The highest BCUT2D eigenvalue weighted by atomic mass is 16.5. The van der Waals surface area contributed by atoms with E-state index in [9.17, 15) is 5.11 Å². The normalized spacial score (nSPS) is 10.2. The van der Waals surface area contributed by atoms with Gasteiger partial charge in [0.15, 0.2) is 0 Å². The number of phenolic OH excluding ortho intramolecular Hbond substituents is 1. The van der Waals surface area contributed by atoms with Crippen molar-refractivity contribution in [3.8, 4) is 11.5 Å². The van der Waals surface area contributed by atoms with Crippen LogP contribution in [0.2, 0.25) is 0 Å². The summed E-state index contributed by atoms with van der Waals surface area (Å²) in [6, 6.07) is 13.3. The predicted octanol–water partition coefficient (Wildman–Crippen LogP) is 3.59. The zero-order chi connectivity index (χ0) is 12.3. The number of benzene rings is 2. The third-order valence-electron chi connectivity index (χ3n) is 2.80. The number of phenols is 1. The van der Waals surface area contributed by atoms with Crippen molar-refractivity contribution in [1.29, 1.82) is 0 Å². The van der Waals surface area contributed by atoms with Crippen LogP contribution in [0.15, 0.2) is 42.5 Å². The Morgan fingerprint density at radius 2 is 1.76 bits per heavy atom. The van der Waals surface area contributed by atoms with Gasteiger partial charge in [-0.1, -0.05) is 24.3 Å². The van der Waals surface area contributed by atoms with Gasteiger partial charge in [0.25, 0.3) is 0 Å². The van der Waals surface area contributed by atoms with Crippen molar-refractivity contribution in [2.75, 3.05) is 0 Å². The molecule has 2 nitrogen and oxygen atoms in total. The Kier molecular flexibility index (Phi) is 3.33. The van der Waals surface area contributed by atoms with Crippen molar-refractivity contribution in [2.45, 2.75) is 20.5 Å². The number of aryl methyl sites for hydroxylation is 2. The van der Waals surface area contributed by atoms with Crippen LogP contribution < -0.4 is 4.74 Å². The molecule has 2 heteroatoms. The van der Waals surface area contributed by atoms with Crippen LogP contribution in [-0.2, 0) is 6.61 Å². The SMILES string of the molecule is Cc1cc(O)ccc1COc1ccccc1C. The molecule has 0 aromatic heterocycles. The first-order valence-electron chi connectivity index (χ1n) is 5.64. The monoisotopic (exact) mass is 228 g/mol. The predicted molar refractivity (Wildman–Crippen MR) is 68.4 cm³/mol. The molecule has 0 bridgehead atoms. The number of hydrogen-bond donors (Lipinski definition) is 1. The van der Waals surface area contributed by atoms with Gasteiger partial charge in [0.2, 0.25) is 0 Å². The van der Waals surface area contributed by atoms with Crippen molar-refractivity contribution in [3.05, 3.63) is 59.2 Å². The molecule has 0 atom stereocenters. The quantitative estimate of drug-likeness (QED) is 0.870. The Balaban J connectivity index is 2.10. The van der Waals surface area contributed by atoms with Gasteiger partial charge in [0.1, 0.15) is 18.1 Å². The van der Waals surface area contributed by atoms with Gasteiger partial charge in [0, 0.05) is 0 Å². The maximum absolute atomic E-state index is 9.33. The lowest BCUT2D eigenvalue weighted by atomic mass is 10.1. The average Bonchev–Trinajstić information content (AvgIpc) is 2.30. The molecule has 0 spiro atoms. The second kappa shape index (κ2) is 4.91. The number of ether oxygens (including phenoxy) is 1. The van der Waals surface area contributed by atoms with E-state index in [1.165, 1.54) is 0 Å². The summed E-state index contributed by atoms with van der Waals surface area (Å²) in [4.78, 5) is 0. The van der Waals surface area contributed by atoms with E-state index in [0.717, 1.165) is 22.4 Å². The van der Waals surface area contributed by atoms with Crippen molar-refractivity contribution in [3.63, 3.8) is 0 Å². The summed E-state index contributed by atoms with van der Waals surface area (Å²) in [5, 5.41) is 9.33. The van der Waals surface area contributed by atoms with Crippen LogP contribution in [0.25, 0.3) is 0 Å². The molecule has 0 fully saturated rings. The molecule has 2 aromatic rings. The Morgan fingerprint density at radius 1 is 1.00 bits per heavy atom. The maximum Gasteiger partial charge on any atom is 0.122 e. The zero-order valence-corrected chi connectivity index (χ0v) is 10.1. The second-order valence-corrected chi connectivity index (χ2v) is 4.16. The summed E-state index contributed by atoms with van der Waals surface area (Å²) >= 11 is 0. The van der Waals surface area contributed by atoms with Crippen molar-refractivity contribution < 1.29 is 9.84 Å². The van der Waals surface area contributed by atoms with Crippen LogP contribution in [0, 0.1) is 13.8 Å². The standard InChI is InChI=1S/C15H16O2/c1-11-5-3-4-6-15(11)17-10-13-7-8-14(16)9-12(13)2/h3-9,16H,10H2,1-2H3. The van der Waals surface area contributed by atoms with Crippen LogP contribution >= 0.6 is 0 Å². The highest BCUT2D eigenvalue weighted by Crippen LogP contribution is 2.20. The fourth-order valence-corrected chi connectivity index (χ4v) is 1.72. The fourth-order valence-electron chi connectivity index (χ4n) is 1.72. The lowest BCUT2D eigenvalue weighted by Gasteiger charge is -2.10. The van der Waals surface area contributed by atoms with E-state index in [-0.39, 0.29) is 0 Å². The Labute approximate surface area is 101 Å². The van der Waals surface area contributed by atoms with Crippen LogP contribution in [0.4, 0.5) is 0 Å². The molecule has 0 saturated heterocycles. The van der Waals surface area contributed by atoms with Crippen LogP contribution in [0.1, 0.15) is 16.7 Å². The third-order valence-corrected chi connectivity index (χ3v) is 2.80. The molecular weight excluding hydrogens is 212 g/mol. The Hall–Kier alpha value is -1.96. The molecule has 0 aliphatic heterocycles. The van der Waals surface area contributed by atoms with Crippen molar-refractivity contribution in [1.82, 2.24) is 0 Å². The van der Waals surface area contributed by atoms with Crippen LogP contribution in [-0.4, -0.2) is 5.11 Å². The minimum atomic E-state index is 0.294.